The summed E-state index contributed by atoms with van der Waals surface area (Å²) in [7, 11) is -1.64. The van der Waals surface area contributed by atoms with Crippen LogP contribution in [-0.4, -0.2) is 45.4 Å². The molecular weight excluding hydrogens is 396 g/mol. The van der Waals surface area contributed by atoms with Crippen molar-refractivity contribution in [3.63, 3.8) is 0 Å². The Kier molecular flexibility index (Phi) is 7.87. The Hall–Kier alpha value is -2.38. The summed E-state index contributed by atoms with van der Waals surface area (Å²) in [5, 5.41) is 6.65. The SMILES string of the molecule is CN=C(NCc1ccc(S(=O)(=O)N2CCCCC2)cc1)NCC(C)c1ccccc1. The molecule has 30 heavy (non-hydrogen) atoms. The van der Waals surface area contributed by atoms with Gasteiger partial charge in [0.15, 0.2) is 5.96 Å². The van der Waals surface area contributed by atoms with Crippen LogP contribution in [0.4, 0.5) is 0 Å². The fraction of sp³-hybridized carbons (Fsp3) is 0.435. The summed E-state index contributed by atoms with van der Waals surface area (Å²) in [6.07, 6.45) is 2.99. The molecule has 1 aliphatic heterocycles. The number of nitrogens with zero attached hydrogens (tertiary/aromatic N) is 2. The molecule has 0 radical (unpaired) electrons. The zero-order chi connectivity index (χ0) is 21.4. The third-order valence-corrected chi connectivity index (χ3v) is 7.42. The van der Waals surface area contributed by atoms with Gasteiger partial charge in [-0.05, 0) is 42.0 Å². The van der Waals surface area contributed by atoms with Gasteiger partial charge in [0.05, 0.1) is 4.90 Å². The minimum Gasteiger partial charge on any atom is -0.356 e. The van der Waals surface area contributed by atoms with Gasteiger partial charge in [-0.1, -0.05) is 55.8 Å². The second-order valence-corrected chi connectivity index (χ2v) is 9.67. The molecule has 1 atom stereocenters. The Morgan fingerprint density at radius 1 is 1.00 bits per heavy atom. The van der Waals surface area contributed by atoms with Crippen LogP contribution in [-0.2, 0) is 16.6 Å². The fourth-order valence-corrected chi connectivity index (χ4v) is 5.11. The summed E-state index contributed by atoms with van der Waals surface area (Å²) >= 11 is 0. The van der Waals surface area contributed by atoms with Gasteiger partial charge in [-0.2, -0.15) is 4.31 Å². The Balaban J connectivity index is 1.52. The standard InChI is InChI=1S/C23H32N4O2S/c1-19(21-9-5-3-6-10-21)17-25-23(24-2)26-18-20-11-13-22(14-12-20)30(28,29)27-15-7-4-8-16-27/h3,5-6,9-14,19H,4,7-8,15-18H2,1-2H3,(H2,24,25,26). The Morgan fingerprint density at radius 2 is 1.67 bits per heavy atom. The molecule has 7 heteroatoms. The first-order valence-corrected chi connectivity index (χ1v) is 12.0. The second-order valence-electron chi connectivity index (χ2n) is 7.73. The molecule has 2 aromatic carbocycles. The van der Waals surface area contributed by atoms with E-state index in [1.807, 2.05) is 30.3 Å². The molecule has 2 aromatic rings. The Bertz CT molecular complexity index is 921. The van der Waals surface area contributed by atoms with Crippen LogP contribution >= 0.6 is 0 Å². The van der Waals surface area contributed by atoms with E-state index in [9.17, 15) is 8.42 Å². The highest BCUT2D eigenvalue weighted by Gasteiger charge is 2.25. The van der Waals surface area contributed by atoms with Gasteiger partial charge in [0, 0.05) is 33.2 Å². The highest BCUT2D eigenvalue weighted by atomic mass is 32.2. The van der Waals surface area contributed by atoms with Crippen molar-refractivity contribution < 1.29 is 8.42 Å². The maximum Gasteiger partial charge on any atom is 0.243 e. The van der Waals surface area contributed by atoms with Crippen LogP contribution in [0, 0.1) is 0 Å². The third-order valence-electron chi connectivity index (χ3n) is 5.50. The highest BCUT2D eigenvalue weighted by molar-refractivity contribution is 7.89. The van der Waals surface area contributed by atoms with Crippen molar-refractivity contribution in [2.24, 2.45) is 4.99 Å². The van der Waals surface area contributed by atoms with Crippen molar-refractivity contribution in [3.8, 4) is 0 Å². The monoisotopic (exact) mass is 428 g/mol. The Labute approximate surface area is 180 Å². The Morgan fingerprint density at radius 3 is 2.30 bits per heavy atom. The number of aliphatic imine (C=N–C) groups is 1. The van der Waals surface area contributed by atoms with Crippen LogP contribution in [0.1, 0.15) is 43.2 Å². The lowest BCUT2D eigenvalue weighted by Gasteiger charge is -2.25. The van der Waals surface area contributed by atoms with Crippen LogP contribution < -0.4 is 10.6 Å². The first-order valence-electron chi connectivity index (χ1n) is 10.6. The molecule has 0 spiro atoms. The van der Waals surface area contributed by atoms with E-state index < -0.39 is 10.0 Å². The van der Waals surface area contributed by atoms with Crippen molar-refractivity contribution in [1.29, 1.82) is 0 Å². The average Bonchev–Trinajstić information content (AvgIpc) is 2.80. The van der Waals surface area contributed by atoms with Gasteiger partial charge in [0.2, 0.25) is 10.0 Å². The summed E-state index contributed by atoms with van der Waals surface area (Å²) in [4.78, 5) is 4.65. The van der Waals surface area contributed by atoms with Crippen LogP contribution in [0.5, 0.6) is 0 Å². The lowest BCUT2D eigenvalue weighted by Crippen LogP contribution is -2.38. The number of benzene rings is 2. The van der Waals surface area contributed by atoms with Gasteiger partial charge < -0.3 is 10.6 Å². The second kappa shape index (κ2) is 10.6. The molecule has 0 aliphatic carbocycles. The zero-order valence-corrected chi connectivity index (χ0v) is 18.7. The van der Waals surface area contributed by atoms with E-state index in [0.29, 0.717) is 30.4 Å². The average molecular weight is 429 g/mol. The first-order chi connectivity index (χ1) is 14.5. The molecule has 0 bridgehead atoms. The van der Waals surface area contributed by atoms with Gasteiger partial charge in [-0.3, -0.25) is 4.99 Å². The first kappa shape index (κ1) is 22.3. The summed E-state index contributed by atoms with van der Waals surface area (Å²) in [6, 6.07) is 17.5. The van der Waals surface area contributed by atoms with Crippen LogP contribution in [0.2, 0.25) is 0 Å². The molecule has 1 fully saturated rings. The van der Waals surface area contributed by atoms with E-state index in [1.165, 1.54) is 5.56 Å². The molecule has 0 saturated carbocycles. The summed E-state index contributed by atoms with van der Waals surface area (Å²) < 4.78 is 27.1. The van der Waals surface area contributed by atoms with Crippen molar-refractivity contribution in [3.05, 3.63) is 65.7 Å². The molecule has 2 N–H and O–H groups in total. The lowest BCUT2D eigenvalue weighted by atomic mass is 10.0. The molecule has 3 rings (SSSR count). The van der Waals surface area contributed by atoms with Gasteiger partial charge in [0.25, 0.3) is 0 Å². The molecule has 1 saturated heterocycles. The molecular formula is C23H32N4O2S. The normalized spacial score (nSPS) is 16.8. The summed E-state index contributed by atoms with van der Waals surface area (Å²) in [5.41, 5.74) is 2.29. The molecule has 162 valence electrons. The number of guanidine groups is 1. The van der Waals surface area contributed by atoms with Crippen molar-refractivity contribution in [2.75, 3.05) is 26.7 Å². The van der Waals surface area contributed by atoms with Crippen LogP contribution in [0.25, 0.3) is 0 Å². The highest BCUT2D eigenvalue weighted by Crippen LogP contribution is 2.20. The number of hydrogen-bond donors (Lipinski definition) is 2. The zero-order valence-electron chi connectivity index (χ0n) is 17.8. The summed E-state index contributed by atoms with van der Waals surface area (Å²) in [6.45, 7) is 4.77. The molecule has 1 heterocycles. The van der Waals surface area contributed by atoms with E-state index in [-0.39, 0.29) is 0 Å². The van der Waals surface area contributed by atoms with Crippen LogP contribution in [0.3, 0.4) is 0 Å². The van der Waals surface area contributed by atoms with E-state index in [2.05, 4.69) is 34.7 Å². The quantitative estimate of drug-likeness (QED) is 0.524. The predicted octanol–water partition coefficient (Wildman–Crippen LogP) is 3.33. The minimum atomic E-state index is -3.38. The molecule has 0 amide bonds. The maximum atomic E-state index is 12.8. The number of piperidine rings is 1. The van der Waals surface area contributed by atoms with Crippen molar-refractivity contribution in [2.45, 2.75) is 43.5 Å². The van der Waals surface area contributed by atoms with Crippen molar-refractivity contribution >= 4 is 16.0 Å². The predicted molar refractivity (Wildman–Crippen MR) is 122 cm³/mol. The van der Waals surface area contributed by atoms with Gasteiger partial charge >= 0.3 is 0 Å². The molecule has 0 aromatic heterocycles. The smallest absolute Gasteiger partial charge is 0.243 e. The fourth-order valence-electron chi connectivity index (χ4n) is 3.59. The van der Waals surface area contributed by atoms with Crippen LogP contribution in [0.15, 0.2) is 64.5 Å². The van der Waals surface area contributed by atoms with Gasteiger partial charge in [0.1, 0.15) is 0 Å². The van der Waals surface area contributed by atoms with Crippen molar-refractivity contribution in [1.82, 2.24) is 14.9 Å². The molecule has 1 aliphatic rings. The molecule has 6 nitrogen and oxygen atoms in total. The van der Waals surface area contributed by atoms with E-state index in [1.54, 1.807) is 23.5 Å². The topological polar surface area (TPSA) is 73.8 Å². The van der Waals surface area contributed by atoms with Gasteiger partial charge in [-0.15, -0.1) is 0 Å². The minimum absolute atomic E-state index is 0.365. The maximum absolute atomic E-state index is 12.8. The van der Waals surface area contributed by atoms with E-state index >= 15 is 0 Å². The molecule has 1 unspecified atom stereocenters. The van der Waals surface area contributed by atoms with E-state index in [4.69, 9.17) is 0 Å². The largest absolute Gasteiger partial charge is 0.356 e. The van der Waals surface area contributed by atoms with E-state index in [0.717, 1.165) is 37.3 Å². The third kappa shape index (κ3) is 5.83. The number of nitrogens with one attached hydrogen (secondary N) is 2. The van der Waals surface area contributed by atoms with Gasteiger partial charge in [-0.25, -0.2) is 8.42 Å². The lowest BCUT2D eigenvalue weighted by molar-refractivity contribution is 0.346. The number of hydrogen-bond acceptors (Lipinski definition) is 3. The number of rotatable bonds is 7. The number of sulfonamides is 1. The summed E-state index contributed by atoms with van der Waals surface area (Å²) in [5.74, 6) is 1.09.